The third kappa shape index (κ3) is 5.46. The molecule has 0 spiro atoms. The Morgan fingerprint density at radius 3 is 2.21 bits per heavy atom. The summed E-state index contributed by atoms with van der Waals surface area (Å²) in [6.07, 6.45) is 0.769. The Kier molecular flexibility index (Phi) is 6.94. The molecule has 0 fully saturated rings. The van der Waals surface area contributed by atoms with Crippen LogP contribution in [-0.4, -0.2) is 25.7 Å². The van der Waals surface area contributed by atoms with Gasteiger partial charge in [0.25, 0.3) is 0 Å². The Morgan fingerprint density at radius 1 is 1.00 bits per heavy atom. The minimum atomic E-state index is -0.195. The quantitative estimate of drug-likeness (QED) is 0.773. The van der Waals surface area contributed by atoms with Crippen molar-refractivity contribution >= 4 is 29.0 Å². The van der Waals surface area contributed by atoms with Gasteiger partial charge in [-0.05, 0) is 62.2 Å². The molecular weight excluding hydrogens is 322 g/mol. The van der Waals surface area contributed by atoms with Gasteiger partial charge in [-0.15, -0.1) is 0 Å². The number of hydrogen-bond acceptors (Lipinski definition) is 2. The minimum Gasteiger partial charge on any atom is -0.372 e. The summed E-state index contributed by atoms with van der Waals surface area (Å²) >= 11 is 5.85. The van der Waals surface area contributed by atoms with E-state index < -0.39 is 0 Å². The van der Waals surface area contributed by atoms with Crippen LogP contribution < -0.4 is 15.5 Å². The van der Waals surface area contributed by atoms with Gasteiger partial charge in [0.1, 0.15) is 0 Å². The second kappa shape index (κ2) is 9.18. The third-order valence-electron chi connectivity index (χ3n) is 3.87. The second-order valence-corrected chi connectivity index (χ2v) is 5.91. The number of hydrogen-bond donors (Lipinski definition) is 2. The summed E-state index contributed by atoms with van der Waals surface area (Å²) in [6, 6.07) is 15.3. The van der Waals surface area contributed by atoms with E-state index in [0.29, 0.717) is 6.54 Å². The maximum atomic E-state index is 11.9. The molecule has 0 unspecified atom stereocenters. The maximum absolute atomic E-state index is 11.9. The van der Waals surface area contributed by atoms with Crippen molar-refractivity contribution in [3.63, 3.8) is 0 Å². The van der Waals surface area contributed by atoms with E-state index in [1.54, 1.807) is 0 Å². The van der Waals surface area contributed by atoms with E-state index in [0.717, 1.165) is 41.5 Å². The van der Waals surface area contributed by atoms with Crippen LogP contribution in [0.3, 0.4) is 0 Å². The first-order valence-corrected chi connectivity index (χ1v) is 8.64. The maximum Gasteiger partial charge on any atom is 0.319 e. The Labute approximate surface area is 148 Å². The lowest BCUT2D eigenvalue weighted by Crippen LogP contribution is -2.30. The fraction of sp³-hybridized carbons (Fsp3) is 0.316. The SMILES string of the molecule is CCN(CC)c1ccc(NC(=O)NCCc2ccc(Cl)cc2)cc1. The predicted octanol–water partition coefficient (Wildman–Crippen LogP) is 4.55. The third-order valence-corrected chi connectivity index (χ3v) is 4.12. The Morgan fingerprint density at radius 2 is 1.62 bits per heavy atom. The van der Waals surface area contributed by atoms with Crippen molar-refractivity contribution in [1.29, 1.82) is 0 Å². The number of nitrogens with one attached hydrogen (secondary N) is 2. The molecule has 2 N–H and O–H groups in total. The smallest absolute Gasteiger partial charge is 0.319 e. The Bertz CT molecular complexity index is 637. The lowest BCUT2D eigenvalue weighted by molar-refractivity contribution is 0.252. The molecule has 0 aliphatic heterocycles. The molecule has 2 aromatic rings. The zero-order valence-corrected chi connectivity index (χ0v) is 14.9. The van der Waals surface area contributed by atoms with Gasteiger partial charge >= 0.3 is 6.03 Å². The van der Waals surface area contributed by atoms with Crippen molar-refractivity contribution < 1.29 is 4.79 Å². The Hall–Kier alpha value is -2.20. The van der Waals surface area contributed by atoms with Crippen LogP contribution in [0.2, 0.25) is 5.02 Å². The number of amides is 2. The Balaban J connectivity index is 1.78. The number of urea groups is 1. The van der Waals surface area contributed by atoms with Gasteiger partial charge in [0.05, 0.1) is 0 Å². The lowest BCUT2D eigenvalue weighted by Gasteiger charge is -2.21. The summed E-state index contributed by atoms with van der Waals surface area (Å²) in [4.78, 5) is 14.2. The summed E-state index contributed by atoms with van der Waals surface area (Å²) in [6.45, 7) is 6.77. The molecule has 0 aliphatic rings. The van der Waals surface area contributed by atoms with E-state index in [-0.39, 0.29) is 6.03 Å². The molecule has 0 heterocycles. The van der Waals surface area contributed by atoms with Gasteiger partial charge in [-0.2, -0.15) is 0 Å². The van der Waals surface area contributed by atoms with Crippen molar-refractivity contribution in [1.82, 2.24) is 5.32 Å². The fourth-order valence-electron chi connectivity index (χ4n) is 2.49. The summed E-state index contributed by atoms with van der Waals surface area (Å²) < 4.78 is 0. The highest BCUT2D eigenvalue weighted by Gasteiger charge is 2.04. The number of carbonyl (C=O) groups excluding carboxylic acids is 1. The van der Waals surface area contributed by atoms with Crippen LogP contribution in [0.5, 0.6) is 0 Å². The molecule has 24 heavy (non-hydrogen) atoms. The molecule has 0 atom stereocenters. The molecule has 0 saturated carbocycles. The summed E-state index contributed by atoms with van der Waals surface area (Å²) in [5.74, 6) is 0. The normalized spacial score (nSPS) is 10.3. The van der Waals surface area contributed by atoms with Gasteiger partial charge in [-0.1, -0.05) is 23.7 Å². The van der Waals surface area contributed by atoms with Gasteiger partial charge in [0.15, 0.2) is 0 Å². The van der Waals surface area contributed by atoms with E-state index in [4.69, 9.17) is 11.6 Å². The largest absolute Gasteiger partial charge is 0.372 e. The van der Waals surface area contributed by atoms with Gasteiger partial charge in [-0.25, -0.2) is 4.79 Å². The van der Waals surface area contributed by atoms with Crippen LogP contribution in [0.15, 0.2) is 48.5 Å². The van der Waals surface area contributed by atoms with Crippen LogP contribution in [0.1, 0.15) is 19.4 Å². The molecule has 128 valence electrons. The van der Waals surface area contributed by atoms with Gasteiger partial charge < -0.3 is 15.5 Å². The molecule has 0 aromatic heterocycles. The molecule has 0 aliphatic carbocycles. The molecule has 2 amide bonds. The topological polar surface area (TPSA) is 44.4 Å². The van der Waals surface area contributed by atoms with Crippen LogP contribution >= 0.6 is 11.6 Å². The molecule has 2 aromatic carbocycles. The first kappa shape index (κ1) is 18.1. The zero-order valence-electron chi connectivity index (χ0n) is 14.2. The number of carbonyl (C=O) groups is 1. The summed E-state index contributed by atoms with van der Waals surface area (Å²) in [5, 5.41) is 6.43. The van der Waals surface area contributed by atoms with Crippen molar-refractivity contribution in [3.8, 4) is 0 Å². The van der Waals surface area contributed by atoms with Crippen LogP contribution in [0.25, 0.3) is 0 Å². The average molecular weight is 346 g/mol. The summed E-state index contributed by atoms with van der Waals surface area (Å²) in [5.41, 5.74) is 3.09. The van der Waals surface area contributed by atoms with Gasteiger partial charge in [-0.3, -0.25) is 0 Å². The molecular formula is C19H24ClN3O. The number of benzene rings is 2. The first-order valence-electron chi connectivity index (χ1n) is 8.26. The highest BCUT2D eigenvalue weighted by atomic mass is 35.5. The van der Waals surface area contributed by atoms with E-state index >= 15 is 0 Å². The minimum absolute atomic E-state index is 0.195. The number of halogens is 1. The van der Waals surface area contributed by atoms with Crippen LogP contribution in [-0.2, 0) is 6.42 Å². The van der Waals surface area contributed by atoms with Crippen LogP contribution in [0, 0.1) is 0 Å². The van der Waals surface area contributed by atoms with Gasteiger partial charge in [0, 0.05) is 36.0 Å². The van der Waals surface area contributed by atoms with E-state index in [9.17, 15) is 4.79 Å². The van der Waals surface area contributed by atoms with E-state index in [1.165, 1.54) is 0 Å². The highest BCUT2D eigenvalue weighted by molar-refractivity contribution is 6.30. The van der Waals surface area contributed by atoms with E-state index in [1.807, 2.05) is 48.5 Å². The van der Waals surface area contributed by atoms with Crippen molar-refractivity contribution in [2.24, 2.45) is 0 Å². The highest BCUT2D eigenvalue weighted by Crippen LogP contribution is 2.17. The number of nitrogens with zero attached hydrogens (tertiary/aromatic N) is 1. The zero-order chi connectivity index (χ0) is 17.4. The molecule has 2 rings (SSSR count). The number of anilines is 2. The summed E-state index contributed by atoms with van der Waals surface area (Å²) in [7, 11) is 0. The predicted molar refractivity (Wildman–Crippen MR) is 102 cm³/mol. The molecule has 0 bridgehead atoms. The van der Waals surface area contributed by atoms with E-state index in [2.05, 4.69) is 29.4 Å². The van der Waals surface area contributed by atoms with Crippen molar-refractivity contribution in [3.05, 3.63) is 59.1 Å². The number of rotatable bonds is 7. The monoisotopic (exact) mass is 345 g/mol. The average Bonchev–Trinajstić information content (AvgIpc) is 2.59. The van der Waals surface area contributed by atoms with Crippen molar-refractivity contribution in [2.75, 3.05) is 29.9 Å². The lowest BCUT2D eigenvalue weighted by atomic mass is 10.1. The second-order valence-electron chi connectivity index (χ2n) is 5.48. The van der Waals surface area contributed by atoms with Crippen LogP contribution in [0.4, 0.5) is 16.2 Å². The van der Waals surface area contributed by atoms with Gasteiger partial charge in [0.2, 0.25) is 0 Å². The molecule has 0 saturated heterocycles. The van der Waals surface area contributed by atoms with Crippen molar-refractivity contribution in [2.45, 2.75) is 20.3 Å². The molecule has 0 radical (unpaired) electrons. The molecule has 5 heteroatoms. The standard InChI is InChI=1S/C19H24ClN3O/c1-3-23(4-2)18-11-9-17(10-12-18)22-19(24)21-14-13-15-5-7-16(20)8-6-15/h5-12H,3-4,13-14H2,1-2H3,(H2,21,22,24). The first-order chi connectivity index (χ1) is 11.6. The fourth-order valence-corrected chi connectivity index (χ4v) is 2.62. The molecule has 4 nitrogen and oxygen atoms in total.